The Morgan fingerprint density at radius 1 is 1.33 bits per heavy atom. The molecule has 0 unspecified atom stereocenters. The summed E-state index contributed by atoms with van der Waals surface area (Å²) in [4.78, 5) is 2.55. The Bertz CT molecular complexity index is 614. The summed E-state index contributed by atoms with van der Waals surface area (Å²) in [5.74, 6) is 0. The lowest BCUT2D eigenvalue weighted by atomic mass is 9.71. The average Bonchev–Trinajstić information content (AvgIpc) is 2.96. The van der Waals surface area contributed by atoms with E-state index in [0.717, 1.165) is 38.3 Å². The van der Waals surface area contributed by atoms with Crippen LogP contribution in [0.5, 0.6) is 0 Å². The fourth-order valence-corrected chi connectivity index (χ4v) is 4.40. The van der Waals surface area contributed by atoms with Gasteiger partial charge >= 0.3 is 0 Å². The van der Waals surface area contributed by atoms with Gasteiger partial charge in [-0.15, -0.1) is 0 Å². The van der Waals surface area contributed by atoms with Crippen molar-refractivity contribution in [2.24, 2.45) is 5.41 Å². The number of aliphatic hydroxyl groups excluding tert-OH is 1. The minimum Gasteiger partial charge on any atom is -0.387 e. The van der Waals surface area contributed by atoms with Gasteiger partial charge < -0.3 is 5.11 Å². The highest BCUT2D eigenvalue weighted by molar-refractivity contribution is 5.23. The normalized spacial score (nSPS) is 22.5. The van der Waals surface area contributed by atoms with E-state index in [1.54, 1.807) is 11.1 Å². The molecule has 1 aromatic heterocycles. The van der Waals surface area contributed by atoms with Crippen molar-refractivity contribution < 1.29 is 5.11 Å². The first-order valence-electron chi connectivity index (χ1n) is 9.57. The molecule has 1 aliphatic heterocycles. The van der Waals surface area contributed by atoms with Gasteiger partial charge in [-0.1, -0.05) is 31.9 Å². The Kier molecular flexibility index (Phi) is 5.16. The maximum Gasteiger partial charge on any atom is 0.0975 e. The number of rotatable bonds is 5. The van der Waals surface area contributed by atoms with Crippen LogP contribution in [0.25, 0.3) is 0 Å². The molecule has 1 aliphatic carbocycles. The van der Waals surface area contributed by atoms with Crippen molar-refractivity contribution in [2.45, 2.75) is 79.0 Å². The fraction of sp³-hybridized carbons (Fsp3) is 0.750. The summed E-state index contributed by atoms with van der Waals surface area (Å²) < 4.78 is 2.08. The van der Waals surface area contributed by atoms with Gasteiger partial charge in [-0.2, -0.15) is 5.10 Å². The molecule has 0 saturated heterocycles. The van der Waals surface area contributed by atoms with Gasteiger partial charge in [0.25, 0.3) is 0 Å². The second kappa shape index (κ2) is 7.01. The SMILES string of the molecule is CC[C@H](O)c1cc2n(n1)CCN(CCC1=C(C)CCCC1(C)C)C2. The Morgan fingerprint density at radius 2 is 2.12 bits per heavy atom. The number of hydrogen-bond donors (Lipinski definition) is 1. The number of allylic oxidation sites excluding steroid dienone is 1. The third-order valence-corrected chi connectivity index (χ3v) is 5.99. The zero-order chi connectivity index (χ0) is 17.3. The molecule has 1 atom stereocenters. The van der Waals surface area contributed by atoms with E-state index in [-0.39, 0.29) is 0 Å². The van der Waals surface area contributed by atoms with Gasteiger partial charge in [-0.3, -0.25) is 9.58 Å². The van der Waals surface area contributed by atoms with Crippen LogP contribution in [0.3, 0.4) is 0 Å². The van der Waals surface area contributed by atoms with Gasteiger partial charge in [0, 0.05) is 19.6 Å². The zero-order valence-electron chi connectivity index (χ0n) is 15.8. The van der Waals surface area contributed by atoms with Crippen LogP contribution in [0, 0.1) is 5.41 Å². The molecule has 0 aromatic carbocycles. The van der Waals surface area contributed by atoms with Crippen molar-refractivity contribution >= 4 is 0 Å². The van der Waals surface area contributed by atoms with E-state index in [9.17, 15) is 5.11 Å². The maximum atomic E-state index is 10.0. The second-order valence-electron chi connectivity index (χ2n) is 8.23. The second-order valence-corrected chi connectivity index (χ2v) is 8.23. The van der Waals surface area contributed by atoms with Crippen LogP contribution in [0.1, 0.15) is 77.3 Å². The lowest BCUT2D eigenvalue weighted by Crippen LogP contribution is -2.35. The number of aliphatic hydroxyl groups is 1. The van der Waals surface area contributed by atoms with Crippen LogP contribution >= 0.6 is 0 Å². The molecule has 2 heterocycles. The quantitative estimate of drug-likeness (QED) is 0.827. The summed E-state index contributed by atoms with van der Waals surface area (Å²) in [6.45, 7) is 13.2. The van der Waals surface area contributed by atoms with Crippen LogP contribution in [-0.2, 0) is 13.1 Å². The highest BCUT2D eigenvalue weighted by Crippen LogP contribution is 2.41. The highest BCUT2D eigenvalue weighted by Gasteiger charge is 2.29. The number of fused-ring (bicyclic) bond motifs is 1. The molecule has 1 aromatic rings. The van der Waals surface area contributed by atoms with E-state index in [1.165, 1.54) is 31.4 Å². The molecule has 0 bridgehead atoms. The van der Waals surface area contributed by atoms with Crippen molar-refractivity contribution in [1.29, 1.82) is 0 Å². The summed E-state index contributed by atoms with van der Waals surface area (Å²) in [6.07, 6.45) is 5.44. The molecule has 1 N–H and O–H groups in total. The van der Waals surface area contributed by atoms with Gasteiger partial charge in [0.2, 0.25) is 0 Å². The largest absolute Gasteiger partial charge is 0.387 e. The lowest BCUT2D eigenvalue weighted by molar-refractivity contribution is 0.166. The molecule has 0 amide bonds. The third kappa shape index (κ3) is 3.60. The smallest absolute Gasteiger partial charge is 0.0975 e. The van der Waals surface area contributed by atoms with Crippen molar-refractivity contribution in [3.05, 3.63) is 28.6 Å². The summed E-state index contributed by atoms with van der Waals surface area (Å²) in [5, 5.41) is 14.6. The minimum atomic E-state index is -0.424. The summed E-state index contributed by atoms with van der Waals surface area (Å²) in [5.41, 5.74) is 5.77. The van der Waals surface area contributed by atoms with Crippen LogP contribution in [0.2, 0.25) is 0 Å². The maximum absolute atomic E-state index is 10.0. The van der Waals surface area contributed by atoms with E-state index >= 15 is 0 Å². The molecule has 4 heteroatoms. The summed E-state index contributed by atoms with van der Waals surface area (Å²) >= 11 is 0. The van der Waals surface area contributed by atoms with E-state index in [1.807, 2.05) is 6.92 Å². The predicted octanol–water partition coefficient (Wildman–Crippen LogP) is 4.06. The molecular formula is C20H33N3O. The van der Waals surface area contributed by atoms with Gasteiger partial charge in [0.15, 0.2) is 0 Å². The van der Waals surface area contributed by atoms with Crippen LogP contribution in [-0.4, -0.2) is 32.9 Å². The Hall–Kier alpha value is -1.13. The van der Waals surface area contributed by atoms with Crippen molar-refractivity contribution in [3.63, 3.8) is 0 Å². The van der Waals surface area contributed by atoms with Crippen molar-refractivity contribution in [3.8, 4) is 0 Å². The summed E-state index contributed by atoms with van der Waals surface area (Å²) in [6, 6.07) is 2.09. The van der Waals surface area contributed by atoms with Gasteiger partial charge in [-0.05, 0) is 50.5 Å². The van der Waals surface area contributed by atoms with Crippen LogP contribution in [0.4, 0.5) is 0 Å². The monoisotopic (exact) mass is 331 g/mol. The molecule has 0 spiro atoms. The topological polar surface area (TPSA) is 41.3 Å². The highest BCUT2D eigenvalue weighted by atomic mass is 16.3. The Labute approximate surface area is 146 Å². The average molecular weight is 332 g/mol. The Morgan fingerprint density at radius 3 is 2.83 bits per heavy atom. The van der Waals surface area contributed by atoms with Crippen molar-refractivity contribution in [1.82, 2.24) is 14.7 Å². The van der Waals surface area contributed by atoms with Crippen LogP contribution in [0.15, 0.2) is 17.2 Å². The molecule has 3 rings (SSSR count). The van der Waals surface area contributed by atoms with Crippen LogP contribution < -0.4 is 0 Å². The molecule has 24 heavy (non-hydrogen) atoms. The first-order valence-corrected chi connectivity index (χ1v) is 9.57. The van der Waals surface area contributed by atoms with Crippen molar-refractivity contribution in [2.75, 3.05) is 13.1 Å². The summed E-state index contributed by atoms with van der Waals surface area (Å²) in [7, 11) is 0. The van der Waals surface area contributed by atoms with E-state index in [4.69, 9.17) is 0 Å². The number of aromatic nitrogens is 2. The predicted molar refractivity (Wildman–Crippen MR) is 97.7 cm³/mol. The lowest BCUT2D eigenvalue weighted by Gasteiger charge is -2.36. The molecule has 2 aliphatic rings. The van der Waals surface area contributed by atoms with E-state index in [2.05, 4.69) is 41.5 Å². The van der Waals surface area contributed by atoms with E-state index < -0.39 is 6.10 Å². The number of nitrogens with zero attached hydrogens (tertiary/aromatic N) is 3. The Balaban J connectivity index is 1.63. The number of hydrogen-bond acceptors (Lipinski definition) is 3. The van der Waals surface area contributed by atoms with Gasteiger partial charge in [0.05, 0.1) is 24.0 Å². The minimum absolute atomic E-state index is 0.373. The molecule has 0 saturated carbocycles. The van der Waals surface area contributed by atoms with E-state index in [0.29, 0.717) is 5.41 Å². The first kappa shape index (κ1) is 17.7. The van der Waals surface area contributed by atoms with Gasteiger partial charge in [0.1, 0.15) is 0 Å². The third-order valence-electron chi connectivity index (χ3n) is 5.99. The first-order chi connectivity index (χ1) is 11.4. The molecule has 134 valence electrons. The standard InChI is InChI=1S/C20H33N3O/c1-5-19(24)18-13-16-14-22(11-12-23(16)21-18)10-8-17-15(2)7-6-9-20(17,3)4/h13,19,24H,5-12,14H2,1-4H3/t19-/m0/s1. The molecule has 0 fully saturated rings. The fourth-order valence-electron chi connectivity index (χ4n) is 4.40. The molecule has 0 radical (unpaired) electrons. The van der Waals surface area contributed by atoms with Gasteiger partial charge in [-0.25, -0.2) is 0 Å². The zero-order valence-corrected chi connectivity index (χ0v) is 15.8. The molecule has 4 nitrogen and oxygen atoms in total. The molecular weight excluding hydrogens is 298 g/mol.